The Morgan fingerprint density at radius 3 is 2.52 bits per heavy atom. The quantitative estimate of drug-likeness (QED) is 0.607. The van der Waals surface area contributed by atoms with Crippen molar-refractivity contribution in [3.8, 4) is 17.1 Å². The predicted octanol–water partition coefficient (Wildman–Crippen LogP) is 4.73. The molecule has 4 rings (SSSR count). The number of hydrogen-bond acceptors (Lipinski definition) is 5. The number of benzene rings is 2. The summed E-state index contributed by atoms with van der Waals surface area (Å²) in [6.45, 7) is 4.83. The van der Waals surface area contributed by atoms with Crippen LogP contribution in [0.15, 0.2) is 53.1 Å². The van der Waals surface area contributed by atoms with Gasteiger partial charge in [0.25, 0.3) is 0 Å². The summed E-state index contributed by atoms with van der Waals surface area (Å²) in [4.78, 5) is 18.9. The normalized spacial score (nSPS) is 16.6. The predicted molar refractivity (Wildman–Crippen MR) is 109 cm³/mol. The minimum atomic E-state index is -0.194. The SMILES string of the molecule is COc1ccc(CN2C(=O)CCC2c2nc(-c3ccc(C(C)C)cc3)no2)cc1. The Morgan fingerprint density at radius 2 is 1.86 bits per heavy atom. The first kappa shape index (κ1) is 19.2. The largest absolute Gasteiger partial charge is 0.497 e. The van der Waals surface area contributed by atoms with Crippen LogP contribution in [0.5, 0.6) is 5.75 Å². The number of likely N-dealkylation sites (tertiary alicyclic amines) is 1. The molecular formula is C23H25N3O3. The maximum Gasteiger partial charge on any atom is 0.249 e. The molecule has 0 N–H and O–H groups in total. The van der Waals surface area contributed by atoms with Crippen LogP contribution in [0.2, 0.25) is 0 Å². The summed E-state index contributed by atoms with van der Waals surface area (Å²) < 4.78 is 10.8. The van der Waals surface area contributed by atoms with Crippen molar-refractivity contribution in [3.05, 3.63) is 65.5 Å². The van der Waals surface area contributed by atoms with E-state index in [1.54, 1.807) is 7.11 Å². The first-order chi connectivity index (χ1) is 14.0. The van der Waals surface area contributed by atoms with Crippen LogP contribution in [0.25, 0.3) is 11.4 Å². The van der Waals surface area contributed by atoms with Gasteiger partial charge in [-0.25, -0.2) is 0 Å². The molecule has 1 fully saturated rings. The molecule has 1 atom stereocenters. The highest BCUT2D eigenvalue weighted by Crippen LogP contribution is 2.34. The van der Waals surface area contributed by atoms with E-state index in [1.807, 2.05) is 41.3 Å². The van der Waals surface area contributed by atoms with Crippen LogP contribution >= 0.6 is 0 Å². The number of amides is 1. The minimum Gasteiger partial charge on any atom is -0.497 e. The van der Waals surface area contributed by atoms with E-state index in [2.05, 4.69) is 36.1 Å². The topological polar surface area (TPSA) is 68.5 Å². The summed E-state index contributed by atoms with van der Waals surface area (Å²) in [6, 6.07) is 15.7. The second-order valence-electron chi connectivity index (χ2n) is 7.66. The van der Waals surface area contributed by atoms with Gasteiger partial charge in [-0.1, -0.05) is 55.4 Å². The van der Waals surface area contributed by atoms with Crippen LogP contribution in [0.4, 0.5) is 0 Å². The number of rotatable bonds is 6. The molecule has 2 aromatic carbocycles. The van der Waals surface area contributed by atoms with Crippen molar-refractivity contribution in [2.45, 2.75) is 45.2 Å². The molecule has 1 unspecified atom stereocenters. The van der Waals surface area contributed by atoms with Crippen LogP contribution < -0.4 is 4.74 Å². The maximum atomic E-state index is 12.5. The summed E-state index contributed by atoms with van der Waals surface area (Å²) in [5.74, 6) is 2.42. The highest BCUT2D eigenvalue weighted by Gasteiger charge is 2.36. The molecule has 2 heterocycles. The lowest BCUT2D eigenvalue weighted by molar-refractivity contribution is -0.129. The standard InChI is InChI=1S/C23H25N3O3/c1-15(2)17-6-8-18(9-7-17)22-24-23(29-25-22)20-12-13-21(27)26(20)14-16-4-10-19(28-3)11-5-16/h4-11,15,20H,12-14H2,1-3H3. The summed E-state index contributed by atoms with van der Waals surface area (Å²) in [5.41, 5.74) is 3.22. The third kappa shape index (κ3) is 4.01. The summed E-state index contributed by atoms with van der Waals surface area (Å²) in [6.07, 6.45) is 1.17. The molecule has 1 saturated heterocycles. The smallest absolute Gasteiger partial charge is 0.249 e. The van der Waals surface area contributed by atoms with Gasteiger partial charge >= 0.3 is 0 Å². The van der Waals surface area contributed by atoms with Gasteiger partial charge in [-0.15, -0.1) is 0 Å². The zero-order valence-electron chi connectivity index (χ0n) is 17.0. The molecule has 1 aliphatic rings. The Morgan fingerprint density at radius 1 is 1.14 bits per heavy atom. The molecule has 150 valence electrons. The second-order valence-corrected chi connectivity index (χ2v) is 7.66. The first-order valence-corrected chi connectivity index (χ1v) is 9.91. The van der Waals surface area contributed by atoms with Crippen molar-refractivity contribution in [2.24, 2.45) is 0 Å². The molecule has 0 saturated carbocycles. The van der Waals surface area contributed by atoms with E-state index >= 15 is 0 Å². The Bertz CT molecular complexity index is 977. The van der Waals surface area contributed by atoms with Crippen molar-refractivity contribution in [3.63, 3.8) is 0 Å². The van der Waals surface area contributed by atoms with Gasteiger partial charge in [0, 0.05) is 18.5 Å². The van der Waals surface area contributed by atoms with E-state index in [9.17, 15) is 4.79 Å². The van der Waals surface area contributed by atoms with Gasteiger partial charge < -0.3 is 14.2 Å². The zero-order chi connectivity index (χ0) is 20.4. The Balaban J connectivity index is 1.53. The lowest BCUT2D eigenvalue weighted by Gasteiger charge is -2.22. The molecule has 1 aliphatic heterocycles. The number of carbonyl (C=O) groups is 1. The number of hydrogen-bond donors (Lipinski definition) is 0. The van der Waals surface area contributed by atoms with Crippen molar-refractivity contribution in [2.75, 3.05) is 7.11 Å². The highest BCUT2D eigenvalue weighted by atomic mass is 16.5. The van der Waals surface area contributed by atoms with E-state index in [-0.39, 0.29) is 11.9 Å². The maximum absolute atomic E-state index is 12.5. The zero-order valence-corrected chi connectivity index (χ0v) is 17.0. The second kappa shape index (κ2) is 8.07. The number of ether oxygens (including phenoxy) is 1. The minimum absolute atomic E-state index is 0.104. The molecule has 1 aromatic heterocycles. The van der Waals surface area contributed by atoms with Crippen molar-refractivity contribution in [1.82, 2.24) is 15.0 Å². The molecule has 1 amide bonds. The van der Waals surface area contributed by atoms with Crippen LogP contribution in [0, 0.1) is 0 Å². The first-order valence-electron chi connectivity index (χ1n) is 9.91. The third-order valence-electron chi connectivity index (χ3n) is 5.40. The molecule has 0 spiro atoms. The molecule has 6 nitrogen and oxygen atoms in total. The van der Waals surface area contributed by atoms with E-state index in [0.717, 1.165) is 16.9 Å². The van der Waals surface area contributed by atoms with Crippen molar-refractivity contribution < 1.29 is 14.1 Å². The van der Waals surface area contributed by atoms with Gasteiger partial charge in [0.2, 0.25) is 17.6 Å². The van der Waals surface area contributed by atoms with Crippen LogP contribution in [-0.4, -0.2) is 28.1 Å². The van der Waals surface area contributed by atoms with Crippen molar-refractivity contribution in [1.29, 1.82) is 0 Å². The van der Waals surface area contributed by atoms with Gasteiger partial charge in [-0.3, -0.25) is 4.79 Å². The highest BCUT2D eigenvalue weighted by molar-refractivity contribution is 5.78. The summed E-state index contributed by atoms with van der Waals surface area (Å²) >= 11 is 0. The molecule has 0 radical (unpaired) electrons. The Labute approximate surface area is 170 Å². The average molecular weight is 391 g/mol. The van der Waals surface area contributed by atoms with Gasteiger partial charge in [0.1, 0.15) is 11.8 Å². The molecule has 6 heteroatoms. The van der Waals surface area contributed by atoms with Gasteiger partial charge in [-0.2, -0.15) is 4.98 Å². The van der Waals surface area contributed by atoms with Crippen LogP contribution in [-0.2, 0) is 11.3 Å². The van der Waals surface area contributed by atoms with E-state index in [1.165, 1.54) is 5.56 Å². The molecule has 3 aromatic rings. The van der Waals surface area contributed by atoms with Gasteiger partial charge in [0.15, 0.2) is 0 Å². The Kier molecular flexibility index (Phi) is 5.34. The lowest BCUT2D eigenvalue weighted by Crippen LogP contribution is -2.27. The van der Waals surface area contributed by atoms with E-state index < -0.39 is 0 Å². The monoisotopic (exact) mass is 391 g/mol. The van der Waals surface area contributed by atoms with Gasteiger partial charge in [-0.05, 0) is 35.6 Å². The van der Waals surface area contributed by atoms with Crippen LogP contribution in [0.1, 0.15) is 55.7 Å². The number of carbonyl (C=O) groups excluding carboxylic acids is 1. The lowest BCUT2D eigenvalue weighted by atomic mass is 10.0. The Hall–Kier alpha value is -3.15. The van der Waals surface area contributed by atoms with E-state index in [4.69, 9.17) is 9.26 Å². The van der Waals surface area contributed by atoms with E-state index in [0.29, 0.717) is 37.0 Å². The third-order valence-corrected chi connectivity index (χ3v) is 5.40. The average Bonchev–Trinajstić information content (AvgIpc) is 3.36. The molecule has 29 heavy (non-hydrogen) atoms. The number of methoxy groups -OCH3 is 1. The summed E-state index contributed by atoms with van der Waals surface area (Å²) in [7, 11) is 1.64. The summed E-state index contributed by atoms with van der Waals surface area (Å²) in [5, 5.41) is 4.15. The van der Waals surface area contributed by atoms with Crippen LogP contribution in [0.3, 0.4) is 0 Å². The fourth-order valence-electron chi connectivity index (χ4n) is 3.62. The molecular weight excluding hydrogens is 366 g/mol. The van der Waals surface area contributed by atoms with Gasteiger partial charge in [0.05, 0.1) is 7.11 Å². The fraction of sp³-hybridized carbons (Fsp3) is 0.348. The number of nitrogens with zero attached hydrogens (tertiary/aromatic N) is 3. The number of aromatic nitrogens is 2. The van der Waals surface area contributed by atoms with Crippen molar-refractivity contribution >= 4 is 5.91 Å². The molecule has 0 bridgehead atoms. The molecule has 0 aliphatic carbocycles. The fourth-order valence-corrected chi connectivity index (χ4v) is 3.62.